The standard InChI is InChI=1S/C12H18N2O2/c15-12(6-5-11-9-16-10-13-11)14-7-3-1-2-4-8-14/h9-10H,1-8H2. The third-order valence-corrected chi connectivity index (χ3v) is 3.04. The zero-order valence-corrected chi connectivity index (χ0v) is 9.52. The number of aryl methyl sites for hydroxylation is 1. The fourth-order valence-corrected chi connectivity index (χ4v) is 2.07. The molecule has 4 heteroatoms. The van der Waals surface area contributed by atoms with Crippen LogP contribution in [-0.4, -0.2) is 28.9 Å². The average Bonchev–Trinajstić information content (AvgIpc) is 2.66. The molecular formula is C12H18N2O2. The lowest BCUT2D eigenvalue weighted by molar-refractivity contribution is -0.131. The number of aromatic nitrogens is 1. The third-order valence-electron chi connectivity index (χ3n) is 3.04. The second-order valence-corrected chi connectivity index (χ2v) is 4.27. The SMILES string of the molecule is O=C(CCc1cocn1)N1CCCCCC1. The number of carbonyl (C=O) groups is 1. The zero-order chi connectivity index (χ0) is 11.2. The molecule has 2 heterocycles. The van der Waals surface area contributed by atoms with Crippen molar-refractivity contribution in [2.75, 3.05) is 13.1 Å². The summed E-state index contributed by atoms with van der Waals surface area (Å²) in [6.07, 6.45) is 9.06. The third kappa shape index (κ3) is 3.08. The lowest BCUT2D eigenvalue weighted by atomic mass is 10.2. The lowest BCUT2D eigenvalue weighted by Gasteiger charge is -2.19. The summed E-state index contributed by atoms with van der Waals surface area (Å²) in [6.45, 7) is 1.86. The van der Waals surface area contributed by atoms with Gasteiger partial charge in [-0.05, 0) is 12.8 Å². The fraction of sp³-hybridized carbons (Fsp3) is 0.667. The second-order valence-electron chi connectivity index (χ2n) is 4.27. The van der Waals surface area contributed by atoms with Gasteiger partial charge in [0.15, 0.2) is 6.39 Å². The summed E-state index contributed by atoms with van der Waals surface area (Å²) in [6, 6.07) is 0. The van der Waals surface area contributed by atoms with Crippen LogP contribution in [0.3, 0.4) is 0 Å². The van der Waals surface area contributed by atoms with E-state index in [-0.39, 0.29) is 5.91 Å². The molecule has 1 amide bonds. The molecule has 1 aliphatic heterocycles. The maximum Gasteiger partial charge on any atom is 0.222 e. The molecule has 0 atom stereocenters. The molecule has 0 N–H and O–H groups in total. The Labute approximate surface area is 95.6 Å². The largest absolute Gasteiger partial charge is 0.451 e. The number of nitrogens with zero attached hydrogens (tertiary/aromatic N) is 2. The van der Waals surface area contributed by atoms with Crippen molar-refractivity contribution in [3.05, 3.63) is 18.4 Å². The fourth-order valence-electron chi connectivity index (χ4n) is 2.07. The summed E-state index contributed by atoms with van der Waals surface area (Å²) in [7, 11) is 0. The van der Waals surface area contributed by atoms with Crippen molar-refractivity contribution in [2.45, 2.75) is 38.5 Å². The van der Waals surface area contributed by atoms with Crippen LogP contribution in [0.5, 0.6) is 0 Å². The summed E-state index contributed by atoms with van der Waals surface area (Å²) >= 11 is 0. The van der Waals surface area contributed by atoms with Gasteiger partial charge >= 0.3 is 0 Å². The molecule has 0 aliphatic carbocycles. The van der Waals surface area contributed by atoms with Gasteiger partial charge in [0.25, 0.3) is 0 Å². The predicted molar refractivity (Wildman–Crippen MR) is 59.9 cm³/mol. The van der Waals surface area contributed by atoms with Crippen molar-refractivity contribution in [1.29, 1.82) is 0 Å². The van der Waals surface area contributed by atoms with Crippen LogP contribution >= 0.6 is 0 Å². The molecule has 88 valence electrons. The van der Waals surface area contributed by atoms with Crippen LogP contribution in [-0.2, 0) is 11.2 Å². The molecular weight excluding hydrogens is 204 g/mol. The first-order chi connectivity index (χ1) is 7.86. The predicted octanol–water partition coefficient (Wildman–Crippen LogP) is 2.01. The monoisotopic (exact) mass is 222 g/mol. The van der Waals surface area contributed by atoms with Crippen LogP contribution in [0.2, 0.25) is 0 Å². The number of likely N-dealkylation sites (tertiary alicyclic amines) is 1. The molecule has 1 fully saturated rings. The van der Waals surface area contributed by atoms with E-state index < -0.39 is 0 Å². The summed E-state index contributed by atoms with van der Waals surface area (Å²) in [5, 5.41) is 0. The number of rotatable bonds is 3. The van der Waals surface area contributed by atoms with Gasteiger partial charge in [0, 0.05) is 25.9 Å². The Morgan fingerprint density at radius 1 is 1.31 bits per heavy atom. The Morgan fingerprint density at radius 3 is 2.69 bits per heavy atom. The Morgan fingerprint density at radius 2 is 2.06 bits per heavy atom. The molecule has 0 saturated carbocycles. The van der Waals surface area contributed by atoms with E-state index in [0.29, 0.717) is 12.8 Å². The van der Waals surface area contributed by atoms with Crippen LogP contribution in [0.25, 0.3) is 0 Å². The average molecular weight is 222 g/mol. The molecule has 0 bridgehead atoms. The van der Waals surface area contributed by atoms with Gasteiger partial charge in [-0.1, -0.05) is 12.8 Å². The van der Waals surface area contributed by atoms with Gasteiger partial charge in [0.05, 0.1) is 5.69 Å². The molecule has 0 aromatic carbocycles. The van der Waals surface area contributed by atoms with Gasteiger partial charge in [-0.15, -0.1) is 0 Å². The lowest BCUT2D eigenvalue weighted by Crippen LogP contribution is -2.31. The minimum atomic E-state index is 0.255. The Kier molecular flexibility index (Phi) is 3.97. The number of amides is 1. The van der Waals surface area contributed by atoms with Gasteiger partial charge in [0.2, 0.25) is 5.91 Å². The highest BCUT2D eigenvalue weighted by Gasteiger charge is 2.15. The molecule has 1 aromatic rings. The minimum absolute atomic E-state index is 0.255. The molecule has 1 aliphatic rings. The molecule has 0 radical (unpaired) electrons. The number of hydrogen-bond acceptors (Lipinski definition) is 3. The molecule has 0 unspecified atom stereocenters. The molecule has 1 saturated heterocycles. The first kappa shape index (κ1) is 11.2. The molecule has 0 spiro atoms. The topological polar surface area (TPSA) is 46.3 Å². The van der Waals surface area contributed by atoms with E-state index in [1.165, 1.54) is 19.2 Å². The van der Waals surface area contributed by atoms with Gasteiger partial charge in [0.1, 0.15) is 6.26 Å². The van der Waals surface area contributed by atoms with E-state index >= 15 is 0 Å². The second kappa shape index (κ2) is 5.68. The number of hydrogen-bond donors (Lipinski definition) is 0. The van der Waals surface area contributed by atoms with Crippen molar-refractivity contribution < 1.29 is 9.21 Å². The summed E-state index contributed by atoms with van der Waals surface area (Å²) in [5.41, 5.74) is 0.864. The number of carbonyl (C=O) groups excluding carboxylic acids is 1. The Bertz CT molecular complexity index is 314. The van der Waals surface area contributed by atoms with E-state index in [2.05, 4.69) is 4.98 Å². The smallest absolute Gasteiger partial charge is 0.222 e. The highest BCUT2D eigenvalue weighted by atomic mass is 16.3. The quantitative estimate of drug-likeness (QED) is 0.786. The van der Waals surface area contributed by atoms with Crippen LogP contribution in [0.1, 0.15) is 37.8 Å². The molecule has 1 aromatic heterocycles. The zero-order valence-electron chi connectivity index (χ0n) is 9.52. The first-order valence-electron chi connectivity index (χ1n) is 6.01. The van der Waals surface area contributed by atoms with Crippen molar-refractivity contribution >= 4 is 5.91 Å². The Balaban J connectivity index is 1.78. The van der Waals surface area contributed by atoms with E-state index in [4.69, 9.17) is 4.42 Å². The van der Waals surface area contributed by atoms with Crippen molar-refractivity contribution in [3.8, 4) is 0 Å². The van der Waals surface area contributed by atoms with Crippen LogP contribution in [0.15, 0.2) is 17.1 Å². The van der Waals surface area contributed by atoms with Gasteiger partial charge in [-0.3, -0.25) is 4.79 Å². The van der Waals surface area contributed by atoms with Crippen molar-refractivity contribution in [3.63, 3.8) is 0 Å². The van der Waals surface area contributed by atoms with Gasteiger partial charge in [-0.25, -0.2) is 4.98 Å². The highest BCUT2D eigenvalue weighted by molar-refractivity contribution is 5.76. The molecule has 2 rings (SSSR count). The summed E-state index contributed by atoms with van der Waals surface area (Å²) in [5.74, 6) is 0.255. The Hall–Kier alpha value is -1.32. The van der Waals surface area contributed by atoms with Crippen LogP contribution in [0.4, 0.5) is 0 Å². The van der Waals surface area contributed by atoms with Crippen molar-refractivity contribution in [2.24, 2.45) is 0 Å². The number of oxazole rings is 1. The van der Waals surface area contributed by atoms with Crippen molar-refractivity contribution in [1.82, 2.24) is 9.88 Å². The normalized spacial score (nSPS) is 17.1. The minimum Gasteiger partial charge on any atom is -0.451 e. The maximum absolute atomic E-state index is 11.9. The van der Waals surface area contributed by atoms with Crippen LogP contribution in [0, 0.1) is 0 Å². The van der Waals surface area contributed by atoms with E-state index in [1.54, 1.807) is 6.26 Å². The maximum atomic E-state index is 11.9. The molecule has 4 nitrogen and oxygen atoms in total. The molecule has 16 heavy (non-hydrogen) atoms. The summed E-state index contributed by atoms with van der Waals surface area (Å²) < 4.78 is 4.88. The first-order valence-corrected chi connectivity index (χ1v) is 6.01. The van der Waals surface area contributed by atoms with E-state index in [9.17, 15) is 4.79 Å². The summed E-state index contributed by atoms with van der Waals surface area (Å²) in [4.78, 5) is 17.9. The van der Waals surface area contributed by atoms with Gasteiger partial charge in [-0.2, -0.15) is 0 Å². The highest BCUT2D eigenvalue weighted by Crippen LogP contribution is 2.11. The van der Waals surface area contributed by atoms with E-state index in [1.807, 2.05) is 4.90 Å². The van der Waals surface area contributed by atoms with Crippen LogP contribution < -0.4 is 0 Å². The van der Waals surface area contributed by atoms with Gasteiger partial charge < -0.3 is 9.32 Å². The van der Waals surface area contributed by atoms with E-state index in [0.717, 1.165) is 31.6 Å².